The van der Waals surface area contributed by atoms with Gasteiger partial charge in [-0.1, -0.05) is 18.2 Å². The van der Waals surface area contributed by atoms with Crippen LogP contribution in [-0.4, -0.2) is 29.3 Å². The SMILES string of the molecule is O=C(O)CN1C(=O)[C@@H](CS)CCCc2ccccc21. The number of nitrogens with zero attached hydrogens (tertiary/aromatic N) is 1. The van der Waals surface area contributed by atoms with Crippen molar-refractivity contribution in [1.82, 2.24) is 0 Å². The first-order valence-electron chi connectivity index (χ1n) is 6.35. The fourth-order valence-electron chi connectivity index (χ4n) is 2.45. The Hall–Kier alpha value is -1.49. The van der Waals surface area contributed by atoms with Crippen molar-refractivity contribution < 1.29 is 14.7 Å². The number of benzene rings is 1. The van der Waals surface area contributed by atoms with Gasteiger partial charge in [0.25, 0.3) is 0 Å². The van der Waals surface area contributed by atoms with E-state index in [4.69, 9.17) is 5.11 Å². The minimum Gasteiger partial charge on any atom is -0.480 e. The second-order valence-electron chi connectivity index (χ2n) is 4.72. The lowest BCUT2D eigenvalue weighted by Gasteiger charge is -2.29. The van der Waals surface area contributed by atoms with Crippen molar-refractivity contribution in [2.45, 2.75) is 19.3 Å². The summed E-state index contributed by atoms with van der Waals surface area (Å²) in [6, 6.07) is 7.52. The summed E-state index contributed by atoms with van der Waals surface area (Å²) >= 11 is 4.21. The van der Waals surface area contributed by atoms with Crippen molar-refractivity contribution in [3.05, 3.63) is 29.8 Å². The molecular weight excluding hydrogens is 262 g/mol. The van der Waals surface area contributed by atoms with Crippen LogP contribution in [0.1, 0.15) is 18.4 Å². The van der Waals surface area contributed by atoms with E-state index in [2.05, 4.69) is 12.6 Å². The van der Waals surface area contributed by atoms with E-state index in [0.717, 1.165) is 30.5 Å². The predicted octanol–water partition coefficient (Wildman–Crippen LogP) is 1.99. The standard InChI is InChI=1S/C14H17NO3S/c16-13(17)8-15-12-7-2-1-4-10(12)5-3-6-11(9-19)14(15)18/h1-2,4,7,11,19H,3,5-6,8-9H2,(H,16,17)/t11-/m1/s1. The number of anilines is 1. The molecule has 1 N–H and O–H groups in total. The lowest BCUT2D eigenvalue weighted by atomic mass is 9.95. The fourth-order valence-corrected chi connectivity index (χ4v) is 2.79. The number of carbonyl (C=O) groups excluding carboxylic acids is 1. The van der Waals surface area contributed by atoms with E-state index in [-0.39, 0.29) is 18.4 Å². The Morgan fingerprint density at radius 3 is 2.84 bits per heavy atom. The van der Waals surface area contributed by atoms with Crippen LogP contribution in [0.5, 0.6) is 0 Å². The highest BCUT2D eigenvalue weighted by Crippen LogP contribution is 2.28. The topological polar surface area (TPSA) is 57.6 Å². The number of amides is 1. The molecule has 0 bridgehead atoms. The first-order valence-corrected chi connectivity index (χ1v) is 6.98. The highest BCUT2D eigenvalue weighted by atomic mass is 32.1. The molecule has 1 aromatic carbocycles. The molecule has 0 unspecified atom stereocenters. The molecule has 1 amide bonds. The van der Waals surface area contributed by atoms with Gasteiger partial charge in [0.2, 0.25) is 5.91 Å². The summed E-state index contributed by atoms with van der Waals surface area (Å²) in [5.74, 6) is -0.876. The third kappa shape index (κ3) is 3.10. The molecule has 1 aromatic rings. The highest BCUT2D eigenvalue weighted by Gasteiger charge is 2.29. The van der Waals surface area contributed by atoms with Crippen LogP contribution in [0.15, 0.2) is 24.3 Å². The number of thiol groups is 1. The van der Waals surface area contributed by atoms with Crippen molar-refractivity contribution in [3.8, 4) is 0 Å². The van der Waals surface area contributed by atoms with E-state index in [1.807, 2.05) is 24.3 Å². The van der Waals surface area contributed by atoms with Crippen molar-refractivity contribution in [2.75, 3.05) is 17.2 Å². The Bertz CT molecular complexity index is 489. The van der Waals surface area contributed by atoms with Crippen LogP contribution in [0.3, 0.4) is 0 Å². The molecule has 0 saturated heterocycles. The minimum atomic E-state index is -0.998. The van der Waals surface area contributed by atoms with Gasteiger partial charge in [-0.3, -0.25) is 9.59 Å². The van der Waals surface area contributed by atoms with E-state index in [1.54, 1.807) is 0 Å². The number of hydrogen-bond donors (Lipinski definition) is 2. The number of carboxylic acids is 1. The first-order chi connectivity index (χ1) is 9.13. The number of rotatable bonds is 3. The molecule has 1 aliphatic rings. The molecule has 1 aliphatic heterocycles. The molecule has 0 fully saturated rings. The Balaban J connectivity index is 2.41. The summed E-state index contributed by atoms with van der Waals surface area (Å²) in [5, 5.41) is 9.02. The van der Waals surface area contributed by atoms with Crippen molar-refractivity contribution in [2.24, 2.45) is 5.92 Å². The van der Waals surface area contributed by atoms with E-state index >= 15 is 0 Å². The van der Waals surface area contributed by atoms with E-state index in [0.29, 0.717) is 5.75 Å². The summed E-state index contributed by atoms with van der Waals surface area (Å²) in [6.45, 7) is -0.292. The van der Waals surface area contributed by atoms with Gasteiger partial charge in [0.15, 0.2) is 0 Å². The second kappa shape index (κ2) is 6.10. The Kier molecular flexibility index (Phi) is 4.47. The van der Waals surface area contributed by atoms with Gasteiger partial charge < -0.3 is 10.0 Å². The van der Waals surface area contributed by atoms with Gasteiger partial charge in [0.05, 0.1) is 0 Å². The number of fused-ring (bicyclic) bond motifs is 1. The molecule has 1 atom stereocenters. The van der Waals surface area contributed by atoms with Crippen LogP contribution in [0, 0.1) is 5.92 Å². The maximum Gasteiger partial charge on any atom is 0.323 e. The van der Waals surface area contributed by atoms with Crippen molar-refractivity contribution in [1.29, 1.82) is 0 Å². The zero-order valence-corrected chi connectivity index (χ0v) is 11.5. The fraction of sp³-hybridized carbons (Fsp3) is 0.429. The maximum absolute atomic E-state index is 12.4. The lowest BCUT2D eigenvalue weighted by molar-refractivity contribution is -0.137. The zero-order chi connectivity index (χ0) is 13.8. The molecule has 19 heavy (non-hydrogen) atoms. The van der Waals surface area contributed by atoms with Crippen LogP contribution in [-0.2, 0) is 16.0 Å². The van der Waals surface area contributed by atoms with Crippen LogP contribution in [0.4, 0.5) is 5.69 Å². The molecule has 0 aromatic heterocycles. The normalized spacial score (nSPS) is 19.5. The quantitative estimate of drug-likeness (QED) is 0.832. The molecular formula is C14H17NO3S. The predicted molar refractivity (Wildman–Crippen MR) is 76.7 cm³/mol. The first kappa shape index (κ1) is 13.9. The average molecular weight is 279 g/mol. The average Bonchev–Trinajstić information content (AvgIpc) is 2.39. The largest absolute Gasteiger partial charge is 0.480 e. The molecule has 0 spiro atoms. The number of aryl methyl sites for hydroxylation is 1. The van der Waals surface area contributed by atoms with Crippen LogP contribution in [0.25, 0.3) is 0 Å². The van der Waals surface area contributed by atoms with E-state index < -0.39 is 5.97 Å². The number of para-hydroxylation sites is 1. The molecule has 1 heterocycles. The van der Waals surface area contributed by atoms with Crippen molar-refractivity contribution >= 4 is 30.2 Å². The van der Waals surface area contributed by atoms with Crippen LogP contribution in [0.2, 0.25) is 0 Å². The molecule has 5 heteroatoms. The van der Waals surface area contributed by atoms with E-state index in [1.165, 1.54) is 4.90 Å². The number of carboxylic acid groups (broad SMARTS) is 1. The Morgan fingerprint density at radius 1 is 1.42 bits per heavy atom. The second-order valence-corrected chi connectivity index (χ2v) is 5.08. The van der Waals surface area contributed by atoms with Gasteiger partial charge in [0.1, 0.15) is 6.54 Å². The summed E-state index contributed by atoms with van der Waals surface area (Å²) in [6.07, 6.45) is 2.55. The third-order valence-electron chi connectivity index (χ3n) is 3.41. The Morgan fingerprint density at radius 2 is 2.16 bits per heavy atom. The van der Waals surface area contributed by atoms with Gasteiger partial charge in [-0.2, -0.15) is 12.6 Å². The van der Waals surface area contributed by atoms with Gasteiger partial charge in [-0.25, -0.2) is 0 Å². The number of hydrogen-bond acceptors (Lipinski definition) is 3. The Labute approximate surface area is 117 Å². The van der Waals surface area contributed by atoms with Crippen LogP contribution < -0.4 is 4.90 Å². The molecule has 0 aliphatic carbocycles. The number of carbonyl (C=O) groups is 2. The molecule has 0 radical (unpaired) electrons. The van der Waals surface area contributed by atoms with Gasteiger partial charge in [0, 0.05) is 17.4 Å². The zero-order valence-electron chi connectivity index (χ0n) is 10.6. The van der Waals surface area contributed by atoms with Gasteiger partial charge in [-0.05, 0) is 30.9 Å². The number of aliphatic carboxylic acids is 1. The van der Waals surface area contributed by atoms with Gasteiger partial charge >= 0.3 is 5.97 Å². The maximum atomic E-state index is 12.4. The van der Waals surface area contributed by atoms with Crippen LogP contribution >= 0.6 is 12.6 Å². The minimum absolute atomic E-state index is 0.135. The highest BCUT2D eigenvalue weighted by molar-refractivity contribution is 7.80. The monoisotopic (exact) mass is 279 g/mol. The summed E-state index contributed by atoms with van der Waals surface area (Å²) < 4.78 is 0. The summed E-state index contributed by atoms with van der Waals surface area (Å²) in [7, 11) is 0. The lowest BCUT2D eigenvalue weighted by Crippen LogP contribution is -2.41. The van der Waals surface area contributed by atoms with Crippen molar-refractivity contribution in [3.63, 3.8) is 0 Å². The molecule has 0 saturated carbocycles. The van der Waals surface area contributed by atoms with E-state index in [9.17, 15) is 9.59 Å². The summed E-state index contributed by atoms with van der Waals surface area (Å²) in [4.78, 5) is 24.8. The molecule has 2 rings (SSSR count). The third-order valence-corrected chi connectivity index (χ3v) is 3.85. The molecule has 4 nitrogen and oxygen atoms in total. The van der Waals surface area contributed by atoms with Gasteiger partial charge in [-0.15, -0.1) is 0 Å². The molecule has 102 valence electrons. The summed E-state index contributed by atoms with van der Waals surface area (Å²) in [5.41, 5.74) is 1.76. The smallest absolute Gasteiger partial charge is 0.323 e.